The highest BCUT2D eigenvalue weighted by Crippen LogP contribution is 2.18. The van der Waals surface area contributed by atoms with Gasteiger partial charge in [-0.25, -0.2) is 4.79 Å². The summed E-state index contributed by atoms with van der Waals surface area (Å²) in [6, 6.07) is 0. The highest BCUT2D eigenvalue weighted by atomic mass is 35.5. The van der Waals surface area contributed by atoms with E-state index in [9.17, 15) is 4.79 Å². The van der Waals surface area contributed by atoms with Gasteiger partial charge in [0.15, 0.2) is 0 Å². The van der Waals surface area contributed by atoms with Crippen molar-refractivity contribution in [1.29, 1.82) is 0 Å². The van der Waals surface area contributed by atoms with E-state index < -0.39 is 11.0 Å². The first kappa shape index (κ1) is 7.78. The number of halogens is 1. The van der Waals surface area contributed by atoms with Crippen LogP contribution in [0.3, 0.4) is 0 Å². The van der Waals surface area contributed by atoms with E-state index in [1.54, 1.807) is 0 Å². The Hall–Kier alpha value is -0.320. The molecule has 0 aromatic carbocycles. The summed E-state index contributed by atoms with van der Waals surface area (Å²) >= 11 is 5.53. The van der Waals surface area contributed by atoms with Crippen molar-refractivity contribution in [2.45, 2.75) is 5.06 Å². The molecule has 58 valence electrons. The molecule has 2 N–H and O–H groups in total. The van der Waals surface area contributed by atoms with Gasteiger partial charge in [0.25, 0.3) is 5.06 Å². The first-order valence-corrected chi connectivity index (χ1v) is 3.30. The van der Waals surface area contributed by atoms with Gasteiger partial charge >= 0.3 is 5.97 Å². The molecule has 1 rings (SSSR count). The van der Waals surface area contributed by atoms with E-state index in [4.69, 9.17) is 21.4 Å². The van der Waals surface area contributed by atoms with Crippen LogP contribution in [0.4, 0.5) is 0 Å². The quantitative estimate of drug-likeness (QED) is 0.521. The van der Waals surface area contributed by atoms with Gasteiger partial charge in [0.05, 0.1) is 13.2 Å². The number of nitrogens with one attached hydrogen (secondary N) is 1. The summed E-state index contributed by atoms with van der Waals surface area (Å²) in [5, 5.41) is 9.78. The van der Waals surface area contributed by atoms with E-state index in [1.807, 2.05) is 0 Å². The maximum absolute atomic E-state index is 10.4. The van der Waals surface area contributed by atoms with Crippen LogP contribution in [0.2, 0.25) is 0 Å². The zero-order valence-corrected chi connectivity index (χ0v) is 6.02. The van der Waals surface area contributed by atoms with Gasteiger partial charge < -0.3 is 15.2 Å². The predicted molar refractivity (Wildman–Crippen MR) is 35.0 cm³/mol. The zero-order chi connectivity index (χ0) is 7.61. The molecule has 0 amide bonds. The molecule has 1 fully saturated rings. The molecule has 0 spiro atoms. The normalized spacial score (nSPS) is 33.7. The summed E-state index contributed by atoms with van der Waals surface area (Å²) in [5.41, 5.74) is 0. The second-order valence-corrected chi connectivity index (χ2v) is 2.67. The molecule has 1 aliphatic rings. The fraction of sp³-hybridized carbons (Fsp3) is 0.800. The Labute approximate surface area is 63.1 Å². The van der Waals surface area contributed by atoms with Gasteiger partial charge in [-0.05, 0) is 0 Å². The van der Waals surface area contributed by atoms with E-state index in [0.29, 0.717) is 13.2 Å². The largest absolute Gasteiger partial charge is 0.478 e. The van der Waals surface area contributed by atoms with E-state index in [0.717, 1.165) is 0 Å². The van der Waals surface area contributed by atoms with Crippen LogP contribution < -0.4 is 5.32 Å². The minimum Gasteiger partial charge on any atom is -0.478 e. The van der Waals surface area contributed by atoms with Gasteiger partial charge in [0, 0.05) is 6.54 Å². The molecule has 0 radical (unpaired) electrons. The lowest BCUT2D eigenvalue weighted by Crippen LogP contribution is -2.50. The standard InChI is InChI=1S/C5H8ClNO3/c6-5(4(8)9)3-7-1-2-10-5/h7H,1-3H2,(H,8,9). The Morgan fingerprint density at radius 3 is 2.80 bits per heavy atom. The molecule has 4 nitrogen and oxygen atoms in total. The fourth-order valence-corrected chi connectivity index (χ4v) is 0.894. The molecule has 0 bridgehead atoms. The summed E-state index contributed by atoms with van der Waals surface area (Å²) in [7, 11) is 0. The van der Waals surface area contributed by atoms with Crippen LogP contribution in [0.1, 0.15) is 0 Å². The molecule has 1 unspecified atom stereocenters. The van der Waals surface area contributed by atoms with Crippen LogP contribution in [-0.4, -0.2) is 35.8 Å². The number of hydrogen-bond acceptors (Lipinski definition) is 3. The molecule has 1 atom stereocenters. The molecule has 1 heterocycles. The van der Waals surface area contributed by atoms with Gasteiger partial charge in [-0.3, -0.25) is 0 Å². The van der Waals surface area contributed by atoms with Crippen LogP contribution in [0.5, 0.6) is 0 Å². The molecule has 1 aliphatic heterocycles. The third kappa shape index (κ3) is 1.39. The number of ether oxygens (including phenoxy) is 1. The van der Waals surface area contributed by atoms with Crippen molar-refractivity contribution in [2.24, 2.45) is 0 Å². The molecule has 0 aliphatic carbocycles. The van der Waals surface area contributed by atoms with Crippen molar-refractivity contribution < 1.29 is 14.6 Å². The Bertz CT molecular complexity index is 144. The molecule has 0 aromatic heterocycles. The molecular formula is C5H8ClNO3. The number of carbonyl (C=O) groups is 1. The maximum atomic E-state index is 10.4. The van der Waals surface area contributed by atoms with Crippen molar-refractivity contribution in [3.8, 4) is 0 Å². The molecular weight excluding hydrogens is 158 g/mol. The number of aliphatic carboxylic acids is 1. The van der Waals surface area contributed by atoms with Crippen molar-refractivity contribution in [2.75, 3.05) is 19.7 Å². The Morgan fingerprint density at radius 1 is 1.80 bits per heavy atom. The monoisotopic (exact) mass is 165 g/mol. The van der Waals surface area contributed by atoms with Gasteiger partial charge in [-0.2, -0.15) is 0 Å². The first-order valence-electron chi connectivity index (χ1n) is 2.92. The number of carboxylic acids is 1. The fourth-order valence-electron chi connectivity index (χ4n) is 0.723. The van der Waals surface area contributed by atoms with Gasteiger partial charge in [0.1, 0.15) is 0 Å². The lowest BCUT2D eigenvalue weighted by molar-refractivity contribution is -0.156. The second-order valence-electron chi connectivity index (χ2n) is 2.06. The van der Waals surface area contributed by atoms with Crippen LogP contribution in [0.25, 0.3) is 0 Å². The summed E-state index contributed by atoms with van der Waals surface area (Å²) in [6.07, 6.45) is 0. The van der Waals surface area contributed by atoms with Crippen molar-refractivity contribution in [1.82, 2.24) is 5.32 Å². The summed E-state index contributed by atoms with van der Waals surface area (Å²) in [5.74, 6) is -1.14. The second kappa shape index (κ2) is 2.74. The lowest BCUT2D eigenvalue weighted by Gasteiger charge is -2.27. The topological polar surface area (TPSA) is 58.6 Å². The first-order chi connectivity index (χ1) is 4.65. The highest BCUT2D eigenvalue weighted by Gasteiger charge is 2.38. The molecule has 5 heteroatoms. The summed E-state index contributed by atoms with van der Waals surface area (Å²) in [4.78, 5) is 10.4. The number of hydrogen-bond donors (Lipinski definition) is 2. The minimum absolute atomic E-state index is 0.157. The smallest absolute Gasteiger partial charge is 0.353 e. The van der Waals surface area contributed by atoms with E-state index in [-0.39, 0.29) is 6.54 Å². The van der Waals surface area contributed by atoms with Crippen LogP contribution in [-0.2, 0) is 9.53 Å². The zero-order valence-electron chi connectivity index (χ0n) is 5.26. The predicted octanol–water partition coefficient (Wildman–Crippen LogP) is -0.374. The average molecular weight is 166 g/mol. The van der Waals surface area contributed by atoms with Gasteiger partial charge in [-0.15, -0.1) is 0 Å². The van der Waals surface area contributed by atoms with Gasteiger partial charge in [0.2, 0.25) is 0 Å². The lowest BCUT2D eigenvalue weighted by atomic mass is 10.3. The van der Waals surface area contributed by atoms with E-state index >= 15 is 0 Å². The third-order valence-electron chi connectivity index (χ3n) is 1.28. The molecule has 10 heavy (non-hydrogen) atoms. The van der Waals surface area contributed by atoms with E-state index in [2.05, 4.69) is 5.32 Å². The Balaban J connectivity index is 2.56. The molecule has 1 saturated heterocycles. The highest BCUT2D eigenvalue weighted by molar-refractivity contribution is 6.32. The number of carboxylic acid groups (broad SMARTS) is 1. The number of alkyl halides is 1. The van der Waals surface area contributed by atoms with Crippen LogP contribution in [0, 0.1) is 0 Å². The minimum atomic E-state index is -1.54. The van der Waals surface area contributed by atoms with Crippen LogP contribution >= 0.6 is 11.6 Å². The van der Waals surface area contributed by atoms with Crippen LogP contribution in [0.15, 0.2) is 0 Å². The SMILES string of the molecule is O=C(O)C1(Cl)CNCCO1. The van der Waals surface area contributed by atoms with Crippen molar-refractivity contribution >= 4 is 17.6 Å². The Kier molecular flexibility index (Phi) is 2.13. The Morgan fingerprint density at radius 2 is 2.50 bits per heavy atom. The van der Waals surface area contributed by atoms with Gasteiger partial charge in [-0.1, -0.05) is 11.6 Å². The molecule has 0 aromatic rings. The average Bonchev–Trinajstić information content (AvgIpc) is 1.89. The summed E-state index contributed by atoms with van der Waals surface area (Å²) in [6.45, 7) is 1.15. The number of rotatable bonds is 1. The summed E-state index contributed by atoms with van der Waals surface area (Å²) < 4.78 is 4.83. The van der Waals surface area contributed by atoms with E-state index in [1.165, 1.54) is 0 Å². The maximum Gasteiger partial charge on any atom is 0.353 e. The van der Waals surface area contributed by atoms with Crippen molar-refractivity contribution in [3.63, 3.8) is 0 Å². The third-order valence-corrected chi connectivity index (χ3v) is 1.69. The number of morpholine rings is 1. The molecule has 0 saturated carbocycles. The van der Waals surface area contributed by atoms with Crippen molar-refractivity contribution in [3.05, 3.63) is 0 Å².